The zero-order valence-electron chi connectivity index (χ0n) is 11.1. The Morgan fingerprint density at radius 1 is 1.50 bits per heavy atom. The lowest BCUT2D eigenvalue weighted by Gasteiger charge is -2.25. The standard InChI is InChI=1S/C10H21N3O4S/c1-5-7(6-8(11)13-15)12-9(14)10(2,3)18(4,16)17/h7,15H,5-6H2,1-4H3,(H2,11,13)(H,12,14). The maximum absolute atomic E-state index is 11.9. The third kappa shape index (κ3) is 4.17. The summed E-state index contributed by atoms with van der Waals surface area (Å²) in [4.78, 5) is 11.9. The Morgan fingerprint density at radius 3 is 2.33 bits per heavy atom. The van der Waals surface area contributed by atoms with E-state index in [0.717, 1.165) is 6.26 Å². The summed E-state index contributed by atoms with van der Waals surface area (Å²) in [6, 6.07) is -0.366. The fourth-order valence-electron chi connectivity index (χ4n) is 1.12. The highest BCUT2D eigenvalue weighted by Gasteiger charge is 2.39. The van der Waals surface area contributed by atoms with E-state index in [1.807, 2.05) is 6.92 Å². The van der Waals surface area contributed by atoms with Gasteiger partial charge in [-0.15, -0.1) is 0 Å². The minimum Gasteiger partial charge on any atom is -0.409 e. The Balaban J connectivity index is 4.84. The minimum absolute atomic E-state index is 0.0145. The van der Waals surface area contributed by atoms with Crippen molar-refractivity contribution in [1.82, 2.24) is 5.32 Å². The Morgan fingerprint density at radius 2 is 2.00 bits per heavy atom. The fourth-order valence-corrected chi connectivity index (χ4v) is 1.51. The molecular formula is C10H21N3O4S. The van der Waals surface area contributed by atoms with Crippen LogP contribution >= 0.6 is 0 Å². The lowest BCUT2D eigenvalue weighted by molar-refractivity contribution is -0.123. The predicted molar refractivity (Wildman–Crippen MR) is 69.2 cm³/mol. The Labute approximate surface area is 107 Å². The molecule has 0 fully saturated rings. The van der Waals surface area contributed by atoms with E-state index in [-0.39, 0.29) is 18.3 Å². The first-order valence-corrected chi connectivity index (χ1v) is 7.42. The molecule has 1 atom stereocenters. The first-order chi connectivity index (χ1) is 8.06. The van der Waals surface area contributed by atoms with Gasteiger partial charge in [-0.3, -0.25) is 4.79 Å². The van der Waals surface area contributed by atoms with Gasteiger partial charge in [-0.25, -0.2) is 8.42 Å². The number of hydrogen-bond acceptors (Lipinski definition) is 5. The lowest BCUT2D eigenvalue weighted by atomic mass is 10.1. The summed E-state index contributed by atoms with van der Waals surface area (Å²) in [7, 11) is -3.51. The first-order valence-electron chi connectivity index (χ1n) is 5.53. The van der Waals surface area contributed by atoms with Crippen LogP contribution in [0.4, 0.5) is 0 Å². The van der Waals surface area contributed by atoms with Crippen molar-refractivity contribution in [1.29, 1.82) is 0 Å². The molecular weight excluding hydrogens is 258 g/mol. The number of oxime groups is 1. The molecule has 0 heterocycles. The Bertz CT molecular complexity index is 428. The first kappa shape index (κ1) is 16.7. The van der Waals surface area contributed by atoms with Crippen LogP contribution in [0.25, 0.3) is 0 Å². The molecule has 0 aromatic heterocycles. The SMILES string of the molecule is CCC(CC(N)=NO)NC(=O)C(C)(C)S(C)(=O)=O. The van der Waals surface area contributed by atoms with E-state index in [2.05, 4.69) is 10.5 Å². The molecule has 0 aromatic rings. The summed E-state index contributed by atoms with van der Waals surface area (Å²) >= 11 is 0. The van der Waals surface area contributed by atoms with Crippen molar-refractivity contribution in [2.75, 3.05) is 6.26 Å². The van der Waals surface area contributed by atoms with Gasteiger partial charge in [-0.1, -0.05) is 12.1 Å². The second kappa shape index (κ2) is 6.03. The van der Waals surface area contributed by atoms with E-state index < -0.39 is 20.5 Å². The van der Waals surface area contributed by atoms with Crippen molar-refractivity contribution >= 4 is 21.6 Å². The van der Waals surface area contributed by atoms with Crippen LogP contribution in [0, 0.1) is 0 Å². The summed E-state index contributed by atoms with van der Waals surface area (Å²) in [6.07, 6.45) is 1.72. The van der Waals surface area contributed by atoms with Gasteiger partial charge >= 0.3 is 0 Å². The van der Waals surface area contributed by atoms with E-state index in [1.165, 1.54) is 13.8 Å². The highest BCUT2D eigenvalue weighted by Crippen LogP contribution is 2.16. The molecule has 0 radical (unpaired) electrons. The monoisotopic (exact) mass is 279 g/mol. The average Bonchev–Trinajstić information content (AvgIpc) is 2.25. The van der Waals surface area contributed by atoms with Gasteiger partial charge in [0, 0.05) is 18.7 Å². The molecule has 0 aliphatic rings. The Kier molecular flexibility index (Phi) is 5.59. The van der Waals surface area contributed by atoms with Gasteiger partial charge in [0.2, 0.25) is 5.91 Å². The zero-order valence-corrected chi connectivity index (χ0v) is 11.9. The van der Waals surface area contributed by atoms with E-state index >= 15 is 0 Å². The normalized spacial score (nSPS) is 15.2. The average molecular weight is 279 g/mol. The van der Waals surface area contributed by atoms with Crippen LogP contribution < -0.4 is 11.1 Å². The molecule has 0 aromatic carbocycles. The van der Waals surface area contributed by atoms with Crippen LogP contribution in [0.5, 0.6) is 0 Å². The molecule has 106 valence electrons. The molecule has 1 unspecified atom stereocenters. The molecule has 0 aliphatic carbocycles. The molecule has 0 rings (SSSR count). The van der Waals surface area contributed by atoms with Crippen LogP contribution in [-0.4, -0.2) is 42.4 Å². The summed E-state index contributed by atoms with van der Waals surface area (Å²) < 4.78 is 21.5. The second-order valence-electron chi connectivity index (χ2n) is 4.66. The number of nitrogens with one attached hydrogen (secondary N) is 1. The quantitative estimate of drug-likeness (QED) is 0.270. The highest BCUT2D eigenvalue weighted by molar-refractivity contribution is 7.92. The van der Waals surface area contributed by atoms with Crippen molar-refractivity contribution in [2.24, 2.45) is 10.9 Å². The molecule has 1 amide bonds. The van der Waals surface area contributed by atoms with Gasteiger partial charge in [-0.2, -0.15) is 0 Å². The summed E-state index contributed by atoms with van der Waals surface area (Å²) in [5.74, 6) is -0.609. The fraction of sp³-hybridized carbons (Fsp3) is 0.800. The molecule has 0 spiro atoms. The van der Waals surface area contributed by atoms with E-state index in [0.29, 0.717) is 6.42 Å². The number of nitrogens with zero attached hydrogens (tertiary/aromatic N) is 1. The van der Waals surface area contributed by atoms with Crippen LogP contribution in [0.15, 0.2) is 5.16 Å². The van der Waals surface area contributed by atoms with Gasteiger partial charge in [0.05, 0.1) is 0 Å². The van der Waals surface area contributed by atoms with Crippen molar-refractivity contribution in [2.45, 2.75) is 44.4 Å². The number of carbonyl (C=O) groups excluding carboxylic acids is 1. The van der Waals surface area contributed by atoms with Crippen molar-refractivity contribution in [3.8, 4) is 0 Å². The number of carbonyl (C=O) groups is 1. The topological polar surface area (TPSA) is 122 Å². The number of sulfone groups is 1. The number of nitrogens with two attached hydrogens (primary N) is 1. The number of hydrogen-bond donors (Lipinski definition) is 3. The lowest BCUT2D eigenvalue weighted by Crippen LogP contribution is -2.51. The Hall–Kier alpha value is -1.31. The molecule has 4 N–H and O–H groups in total. The van der Waals surface area contributed by atoms with Gasteiger partial charge in [0.25, 0.3) is 0 Å². The van der Waals surface area contributed by atoms with E-state index in [1.54, 1.807) is 0 Å². The van der Waals surface area contributed by atoms with Crippen LogP contribution in [0.2, 0.25) is 0 Å². The number of rotatable bonds is 6. The largest absolute Gasteiger partial charge is 0.409 e. The maximum atomic E-state index is 11.9. The molecule has 0 saturated carbocycles. The van der Waals surface area contributed by atoms with Gasteiger partial charge in [0.1, 0.15) is 10.6 Å². The van der Waals surface area contributed by atoms with E-state index in [9.17, 15) is 13.2 Å². The van der Waals surface area contributed by atoms with Crippen molar-refractivity contribution in [3.05, 3.63) is 0 Å². The predicted octanol–water partition coefficient (Wildman–Crippen LogP) is -0.159. The van der Waals surface area contributed by atoms with Crippen LogP contribution in [0.3, 0.4) is 0 Å². The maximum Gasteiger partial charge on any atom is 0.241 e. The molecule has 8 heteroatoms. The summed E-state index contributed by atoms with van der Waals surface area (Å²) in [5, 5.41) is 13.9. The van der Waals surface area contributed by atoms with Crippen LogP contribution in [0.1, 0.15) is 33.6 Å². The van der Waals surface area contributed by atoms with Gasteiger partial charge < -0.3 is 16.3 Å². The highest BCUT2D eigenvalue weighted by atomic mass is 32.2. The minimum atomic E-state index is -3.51. The molecule has 0 saturated heterocycles. The van der Waals surface area contributed by atoms with Crippen molar-refractivity contribution in [3.63, 3.8) is 0 Å². The zero-order chi connectivity index (χ0) is 14.6. The summed E-state index contributed by atoms with van der Waals surface area (Å²) in [6.45, 7) is 4.49. The number of amidine groups is 1. The third-order valence-corrected chi connectivity index (χ3v) is 4.93. The second-order valence-corrected chi connectivity index (χ2v) is 7.22. The summed E-state index contributed by atoms with van der Waals surface area (Å²) in [5.41, 5.74) is 5.35. The number of amides is 1. The van der Waals surface area contributed by atoms with Crippen LogP contribution in [-0.2, 0) is 14.6 Å². The van der Waals surface area contributed by atoms with E-state index in [4.69, 9.17) is 10.9 Å². The van der Waals surface area contributed by atoms with Gasteiger partial charge in [-0.05, 0) is 20.3 Å². The molecule has 0 aliphatic heterocycles. The van der Waals surface area contributed by atoms with Crippen molar-refractivity contribution < 1.29 is 18.4 Å². The molecule has 18 heavy (non-hydrogen) atoms. The molecule has 7 nitrogen and oxygen atoms in total. The van der Waals surface area contributed by atoms with Gasteiger partial charge in [0.15, 0.2) is 9.84 Å². The molecule has 0 bridgehead atoms. The third-order valence-electron chi connectivity index (χ3n) is 2.89. The smallest absolute Gasteiger partial charge is 0.241 e.